The van der Waals surface area contributed by atoms with Gasteiger partial charge in [0.25, 0.3) is 11.9 Å². The summed E-state index contributed by atoms with van der Waals surface area (Å²) in [5.41, 5.74) is 4.04. The molecular weight excluding hydrogens is 476 g/mol. The molecule has 4 aromatic rings. The lowest BCUT2D eigenvalue weighted by Crippen LogP contribution is -2.20. The molecule has 0 aliphatic carbocycles. The SMILES string of the molecule is Cc1cccc(C(=O)Nc2nc3n(n2)C(c2ccc(F)cc2)C=C(c2ccc(Cl)cc2)N3)c1.Cl. The highest BCUT2D eigenvalue weighted by molar-refractivity contribution is 6.30. The summed E-state index contributed by atoms with van der Waals surface area (Å²) in [7, 11) is 0. The first-order valence-electron chi connectivity index (χ1n) is 10.3. The highest BCUT2D eigenvalue weighted by Crippen LogP contribution is 2.33. The second kappa shape index (κ2) is 9.67. The first-order chi connectivity index (χ1) is 16.0. The van der Waals surface area contributed by atoms with Crippen LogP contribution in [0.1, 0.15) is 33.1 Å². The Morgan fingerprint density at radius 1 is 1.09 bits per heavy atom. The van der Waals surface area contributed by atoms with Gasteiger partial charge in [-0.3, -0.25) is 10.1 Å². The number of amides is 1. The number of carbonyl (C=O) groups is 1. The van der Waals surface area contributed by atoms with Crippen LogP contribution in [0.4, 0.5) is 16.3 Å². The lowest BCUT2D eigenvalue weighted by atomic mass is 10.0. The Kier molecular flexibility index (Phi) is 6.68. The second-order valence-electron chi connectivity index (χ2n) is 7.74. The number of allylic oxidation sites excluding steroid dienone is 1. The molecule has 1 atom stereocenters. The van der Waals surface area contributed by atoms with Gasteiger partial charge in [0.1, 0.15) is 11.9 Å². The third-order valence-corrected chi connectivity index (χ3v) is 5.59. The molecule has 0 spiro atoms. The lowest BCUT2D eigenvalue weighted by Gasteiger charge is -2.24. The number of aryl methyl sites for hydroxylation is 1. The summed E-state index contributed by atoms with van der Waals surface area (Å²) in [4.78, 5) is 17.2. The van der Waals surface area contributed by atoms with Gasteiger partial charge in [-0.2, -0.15) is 4.98 Å². The summed E-state index contributed by atoms with van der Waals surface area (Å²) in [5, 5.41) is 11.2. The number of fused-ring (bicyclic) bond motifs is 1. The van der Waals surface area contributed by atoms with E-state index in [0.29, 0.717) is 16.5 Å². The lowest BCUT2D eigenvalue weighted by molar-refractivity contribution is 0.102. The molecule has 172 valence electrons. The van der Waals surface area contributed by atoms with E-state index in [1.54, 1.807) is 41.1 Å². The third kappa shape index (κ3) is 4.81. The summed E-state index contributed by atoms with van der Waals surface area (Å²) < 4.78 is 15.2. The molecule has 34 heavy (non-hydrogen) atoms. The Morgan fingerprint density at radius 3 is 2.53 bits per heavy atom. The van der Waals surface area contributed by atoms with Crippen molar-refractivity contribution in [2.45, 2.75) is 13.0 Å². The molecular formula is C25H20Cl2FN5O. The fourth-order valence-electron chi connectivity index (χ4n) is 3.70. The van der Waals surface area contributed by atoms with Gasteiger partial charge < -0.3 is 5.32 Å². The van der Waals surface area contributed by atoms with Gasteiger partial charge >= 0.3 is 0 Å². The van der Waals surface area contributed by atoms with E-state index in [1.807, 2.05) is 37.3 Å². The van der Waals surface area contributed by atoms with Crippen molar-refractivity contribution in [3.8, 4) is 0 Å². The number of nitrogens with zero attached hydrogens (tertiary/aromatic N) is 3. The van der Waals surface area contributed by atoms with E-state index in [2.05, 4.69) is 20.7 Å². The van der Waals surface area contributed by atoms with Crippen LogP contribution in [-0.4, -0.2) is 20.7 Å². The number of hydrogen-bond donors (Lipinski definition) is 2. The molecule has 6 nitrogen and oxygen atoms in total. The van der Waals surface area contributed by atoms with Crippen LogP contribution >= 0.6 is 24.0 Å². The number of hydrogen-bond acceptors (Lipinski definition) is 4. The summed E-state index contributed by atoms with van der Waals surface area (Å²) in [6.45, 7) is 1.92. The van der Waals surface area contributed by atoms with Gasteiger partial charge in [0.2, 0.25) is 5.95 Å². The minimum atomic E-state index is -0.357. The number of benzene rings is 3. The molecule has 0 bridgehead atoms. The van der Waals surface area contributed by atoms with Crippen LogP contribution in [0, 0.1) is 12.7 Å². The van der Waals surface area contributed by atoms with E-state index in [1.165, 1.54) is 12.1 Å². The Bertz CT molecular complexity index is 1370. The highest BCUT2D eigenvalue weighted by atomic mass is 35.5. The molecule has 0 saturated carbocycles. The first-order valence-corrected chi connectivity index (χ1v) is 10.7. The first kappa shape index (κ1) is 23.5. The summed E-state index contributed by atoms with van der Waals surface area (Å²) in [6, 6.07) is 20.6. The molecule has 1 aliphatic heterocycles. The number of halogens is 3. The Labute approximate surface area is 206 Å². The molecule has 1 aromatic heterocycles. The summed E-state index contributed by atoms with van der Waals surface area (Å²) in [5.74, 6) is 0.00330. The van der Waals surface area contributed by atoms with Gasteiger partial charge in [0.05, 0.1) is 0 Å². The molecule has 9 heteroatoms. The average Bonchev–Trinajstić information content (AvgIpc) is 3.22. The molecule has 1 unspecified atom stereocenters. The topological polar surface area (TPSA) is 71.8 Å². The smallest absolute Gasteiger partial charge is 0.258 e. The molecule has 0 saturated heterocycles. The molecule has 5 rings (SSSR count). The van der Waals surface area contributed by atoms with E-state index in [-0.39, 0.29) is 36.1 Å². The van der Waals surface area contributed by atoms with Crippen molar-refractivity contribution in [3.05, 3.63) is 112 Å². The quantitative estimate of drug-likeness (QED) is 0.358. The Balaban J connectivity index is 0.00000274. The van der Waals surface area contributed by atoms with Crippen molar-refractivity contribution in [1.82, 2.24) is 14.8 Å². The second-order valence-corrected chi connectivity index (χ2v) is 8.17. The van der Waals surface area contributed by atoms with Crippen molar-refractivity contribution in [2.24, 2.45) is 0 Å². The zero-order valence-electron chi connectivity index (χ0n) is 18.0. The molecule has 1 aliphatic rings. The number of carbonyl (C=O) groups excluding carboxylic acids is 1. The van der Waals surface area contributed by atoms with E-state index in [9.17, 15) is 9.18 Å². The van der Waals surface area contributed by atoms with Gasteiger partial charge in [-0.15, -0.1) is 17.5 Å². The van der Waals surface area contributed by atoms with Crippen molar-refractivity contribution in [3.63, 3.8) is 0 Å². The van der Waals surface area contributed by atoms with Gasteiger partial charge in [0.15, 0.2) is 0 Å². The Morgan fingerprint density at radius 2 is 1.82 bits per heavy atom. The minimum absolute atomic E-state index is 0. The normalized spacial score (nSPS) is 14.3. The van der Waals surface area contributed by atoms with Crippen LogP contribution < -0.4 is 10.6 Å². The largest absolute Gasteiger partial charge is 0.324 e. The summed E-state index contributed by atoms with van der Waals surface area (Å²) >= 11 is 6.04. The van der Waals surface area contributed by atoms with Crippen LogP contribution in [0.15, 0.2) is 78.9 Å². The van der Waals surface area contributed by atoms with Gasteiger partial charge in [-0.05, 0) is 60.5 Å². The maximum absolute atomic E-state index is 13.5. The molecule has 0 radical (unpaired) electrons. The van der Waals surface area contributed by atoms with Crippen LogP contribution in [-0.2, 0) is 0 Å². The predicted octanol–water partition coefficient (Wildman–Crippen LogP) is 6.11. The standard InChI is InChI=1S/C25H19ClFN5O.ClH/c1-15-3-2-4-18(13-15)23(33)29-24-30-25-28-21(16-5-9-19(26)10-6-16)14-22(32(25)31-24)17-7-11-20(27)12-8-17;/h2-14,22H,1H3,(H2,28,29,30,31,33);1H. The fourth-order valence-corrected chi connectivity index (χ4v) is 3.83. The molecule has 2 heterocycles. The van der Waals surface area contributed by atoms with Gasteiger partial charge in [-0.1, -0.05) is 53.6 Å². The van der Waals surface area contributed by atoms with Crippen LogP contribution in [0.2, 0.25) is 5.02 Å². The molecule has 0 fully saturated rings. The zero-order valence-corrected chi connectivity index (χ0v) is 19.6. The fraction of sp³-hybridized carbons (Fsp3) is 0.0800. The van der Waals surface area contributed by atoms with E-state index >= 15 is 0 Å². The number of rotatable bonds is 4. The maximum Gasteiger partial charge on any atom is 0.258 e. The maximum atomic E-state index is 13.5. The zero-order chi connectivity index (χ0) is 22.9. The van der Waals surface area contributed by atoms with Gasteiger partial charge in [0, 0.05) is 16.3 Å². The summed E-state index contributed by atoms with van der Waals surface area (Å²) in [6.07, 6.45) is 1.98. The van der Waals surface area contributed by atoms with Crippen molar-refractivity contribution in [2.75, 3.05) is 10.6 Å². The molecule has 2 N–H and O–H groups in total. The average molecular weight is 496 g/mol. The Hall–Kier alpha value is -3.68. The third-order valence-electron chi connectivity index (χ3n) is 5.34. The highest BCUT2D eigenvalue weighted by Gasteiger charge is 2.26. The van der Waals surface area contributed by atoms with Crippen molar-refractivity contribution < 1.29 is 9.18 Å². The van der Waals surface area contributed by atoms with Crippen molar-refractivity contribution >= 4 is 47.5 Å². The van der Waals surface area contributed by atoms with Crippen LogP contribution in [0.5, 0.6) is 0 Å². The predicted molar refractivity (Wildman–Crippen MR) is 134 cm³/mol. The van der Waals surface area contributed by atoms with E-state index in [0.717, 1.165) is 22.4 Å². The molecule has 3 aromatic carbocycles. The van der Waals surface area contributed by atoms with Gasteiger partial charge in [-0.25, -0.2) is 9.07 Å². The van der Waals surface area contributed by atoms with E-state index < -0.39 is 0 Å². The van der Waals surface area contributed by atoms with Crippen LogP contribution in [0.3, 0.4) is 0 Å². The monoisotopic (exact) mass is 495 g/mol. The number of anilines is 2. The van der Waals surface area contributed by atoms with Crippen LogP contribution in [0.25, 0.3) is 5.70 Å². The van der Waals surface area contributed by atoms with E-state index in [4.69, 9.17) is 11.6 Å². The minimum Gasteiger partial charge on any atom is -0.324 e. The molecule has 1 amide bonds. The number of aromatic nitrogens is 3. The number of nitrogens with one attached hydrogen (secondary N) is 2. The van der Waals surface area contributed by atoms with Crippen molar-refractivity contribution in [1.29, 1.82) is 0 Å².